The predicted octanol–water partition coefficient (Wildman–Crippen LogP) is 4.03. The van der Waals surface area contributed by atoms with Gasteiger partial charge in [0, 0.05) is 11.3 Å². The molecule has 26 heavy (non-hydrogen) atoms. The molecule has 2 aromatic carbocycles. The molecule has 140 valence electrons. The third kappa shape index (κ3) is 4.98. The summed E-state index contributed by atoms with van der Waals surface area (Å²) in [4.78, 5) is 12.2. The van der Waals surface area contributed by atoms with Crippen molar-refractivity contribution in [2.24, 2.45) is 0 Å². The molecule has 0 radical (unpaired) electrons. The molecule has 0 aliphatic rings. The highest BCUT2D eigenvalue weighted by Crippen LogP contribution is 2.29. The van der Waals surface area contributed by atoms with E-state index < -0.39 is 27.7 Å². The zero-order chi connectivity index (χ0) is 19.5. The van der Waals surface area contributed by atoms with Gasteiger partial charge in [-0.25, -0.2) is 8.42 Å². The van der Waals surface area contributed by atoms with Crippen LogP contribution in [0, 0.1) is 6.92 Å². The van der Waals surface area contributed by atoms with Crippen LogP contribution in [0.15, 0.2) is 42.5 Å². The first-order chi connectivity index (χ1) is 12.0. The van der Waals surface area contributed by atoms with Crippen molar-refractivity contribution in [2.75, 3.05) is 15.8 Å². The summed E-state index contributed by atoms with van der Waals surface area (Å²) in [6, 6.07) is 8.56. The summed E-state index contributed by atoms with van der Waals surface area (Å²) in [5, 5.41) is 2.50. The lowest BCUT2D eigenvalue weighted by molar-refractivity contribution is -0.137. The first kappa shape index (κ1) is 19.8. The van der Waals surface area contributed by atoms with E-state index in [0.29, 0.717) is 16.9 Å². The fourth-order valence-corrected chi connectivity index (χ4v) is 2.84. The van der Waals surface area contributed by atoms with E-state index in [-0.39, 0.29) is 11.3 Å². The average Bonchev–Trinajstić information content (AvgIpc) is 2.56. The van der Waals surface area contributed by atoms with Gasteiger partial charge in [-0.15, -0.1) is 0 Å². The molecule has 0 aliphatic carbocycles. The molecular formula is C17H17F3N2O3S. The molecule has 2 N–H and O–H groups in total. The highest BCUT2D eigenvalue weighted by molar-refractivity contribution is 7.92. The molecule has 0 bridgehead atoms. The zero-order valence-corrected chi connectivity index (χ0v) is 14.8. The summed E-state index contributed by atoms with van der Waals surface area (Å²) >= 11 is 0. The normalized spacial score (nSPS) is 11.9. The Morgan fingerprint density at radius 2 is 1.81 bits per heavy atom. The number of carbonyl (C=O) groups is 1. The fraction of sp³-hybridized carbons (Fsp3) is 0.235. The van der Waals surface area contributed by atoms with Crippen LogP contribution in [-0.4, -0.2) is 20.1 Å². The zero-order valence-electron chi connectivity index (χ0n) is 14.0. The van der Waals surface area contributed by atoms with Crippen molar-refractivity contribution in [1.29, 1.82) is 0 Å². The summed E-state index contributed by atoms with van der Waals surface area (Å²) in [6.45, 7) is 3.15. The van der Waals surface area contributed by atoms with E-state index in [4.69, 9.17) is 0 Å². The number of alkyl halides is 3. The van der Waals surface area contributed by atoms with Crippen molar-refractivity contribution in [2.45, 2.75) is 20.0 Å². The molecule has 9 heteroatoms. The number of rotatable bonds is 5. The van der Waals surface area contributed by atoms with Gasteiger partial charge in [0.2, 0.25) is 10.0 Å². The van der Waals surface area contributed by atoms with Gasteiger partial charge in [0.25, 0.3) is 5.91 Å². The van der Waals surface area contributed by atoms with E-state index in [1.165, 1.54) is 31.2 Å². The lowest BCUT2D eigenvalue weighted by Gasteiger charge is -2.12. The Kier molecular flexibility index (Phi) is 5.60. The standard InChI is InChI=1S/C17H17F3N2O3S/c1-3-26(24,25)22-15-8-7-14(9-11(15)2)21-16(23)12-5-4-6-13(10-12)17(18,19)20/h4-10,22H,3H2,1-2H3,(H,21,23). The largest absolute Gasteiger partial charge is 0.416 e. The number of hydrogen-bond donors (Lipinski definition) is 2. The van der Waals surface area contributed by atoms with Crippen molar-refractivity contribution in [3.63, 3.8) is 0 Å². The molecule has 2 aromatic rings. The van der Waals surface area contributed by atoms with Crippen LogP contribution >= 0.6 is 0 Å². The smallest absolute Gasteiger partial charge is 0.322 e. The minimum Gasteiger partial charge on any atom is -0.322 e. The molecule has 0 aromatic heterocycles. The minimum absolute atomic E-state index is 0.0829. The Morgan fingerprint density at radius 1 is 1.12 bits per heavy atom. The Hall–Kier alpha value is -2.55. The van der Waals surface area contributed by atoms with E-state index in [1.807, 2.05) is 0 Å². The van der Waals surface area contributed by atoms with Gasteiger partial charge in [-0.2, -0.15) is 13.2 Å². The van der Waals surface area contributed by atoms with Gasteiger partial charge in [-0.3, -0.25) is 9.52 Å². The molecule has 0 saturated heterocycles. The van der Waals surface area contributed by atoms with Crippen LogP contribution in [0.3, 0.4) is 0 Å². The van der Waals surface area contributed by atoms with Crippen molar-refractivity contribution < 1.29 is 26.4 Å². The van der Waals surface area contributed by atoms with Crippen LogP contribution in [0.5, 0.6) is 0 Å². The summed E-state index contributed by atoms with van der Waals surface area (Å²) in [7, 11) is -3.44. The highest BCUT2D eigenvalue weighted by atomic mass is 32.2. The molecule has 0 heterocycles. The maximum atomic E-state index is 12.7. The number of nitrogens with one attached hydrogen (secondary N) is 2. The summed E-state index contributed by atoms with van der Waals surface area (Å²) in [6.07, 6.45) is -4.54. The molecular weight excluding hydrogens is 369 g/mol. The Balaban J connectivity index is 2.19. The maximum absolute atomic E-state index is 12.7. The van der Waals surface area contributed by atoms with Gasteiger partial charge < -0.3 is 5.32 Å². The van der Waals surface area contributed by atoms with Gasteiger partial charge in [-0.1, -0.05) is 6.07 Å². The van der Waals surface area contributed by atoms with Crippen molar-refractivity contribution in [3.8, 4) is 0 Å². The van der Waals surface area contributed by atoms with E-state index >= 15 is 0 Å². The summed E-state index contributed by atoms with van der Waals surface area (Å²) in [5.41, 5.74) is 0.219. The van der Waals surface area contributed by atoms with Crippen LogP contribution < -0.4 is 10.0 Å². The number of aryl methyl sites for hydroxylation is 1. The maximum Gasteiger partial charge on any atom is 0.416 e. The second kappa shape index (κ2) is 7.36. The minimum atomic E-state index is -4.54. The van der Waals surface area contributed by atoms with E-state index in [0.717, 1.165) is 18.2 Å². The summed E-state index contributed by atoms with van der Waals surface area (Å²) < 4.78 is 63.8. The lowest BCUT2D eigenvalue weighted by atomic mass is 10.1. The molecule has 0 saturated carbocycles. The number of carbonyl (C=O) groups excluding carboxylic acids is 1. The highest BCUT2D eigenvalue weighted by Gasteiger charge is 2.30. The second-order valence-corrected chi connectivity index (χ2v) is 7.58. The van der Waals surface area contributed by atoms with Gasteiger partial charge >= 0.3 is 6.18 Å². The molecule has 0 unspecified atom stereocenters. The van der Waals surface area contributed by atoms with E-state index in [9.17, 15) is 26.4 Å². The number of hydrogen-bond acceptors (Lipinski definition) is 3. The van der Waals surface area contributed by atoms with Crippen LogP contribution in [-0.2, 0) is 16.2 Å². The monoisotopic (exact) mass is 386 g/mol. The molecule has 0 atom stereocenters. The van der Waals surface area contributed by atoms with Crippen molar-refractivity contribution >= 4 is 27.3 Å². The number of amides is 1. The molecule has 5 nitrogen and oxygen atoms in total. The van der Waals surface area contributed by atoms with E-state index in [2.05, 4.69) is 10.0 Å². The quantitative estimate of drug-likeness (QED) is 0.815. The van der Waals surface area contributed by atoms with Gasteiger partial charge in [0.1, 0.15) is 0 Å². The molecule has 0 fully saturated rings. The van der Waals surface area contributed by atoms with E-state index in [1.54, 1.807) is 6.92 Å². The fourth-order valence-electron chi connectivity index (χ4n) is 2.14. The predicted molar refractivity (Wildman–Crippen MR) is 93.7 cm³/mol. The molecule has 2 rings (SSSR count). The summed E-state index contributed by atoms with van der Waals surface area (Å²) in [5.74, 6) is -0.780. The molecule has 0 spiro atoms. The van der Waals surface area contributed by atoms with Gasteiger partial charge in [-0.05, 0) is 55.8 Å². The lowest BCUT2D eigenvalue weighted by Crippen LogP contribution is -2.16. The number of halogens is 3. The van der Waals surface area contributed by atoms with Crippen LogP contribution in [0.2, 0.25) is 0 Å². The Bertz CT molecular complexity index is 925. The third-order valence-corrected chi connectivity index (χ3v) is 4.87. The molecule has 0 aliphatic heterocycles. The molecule has 1 amide bonds. The van der Waals surface area contributed by atoms with Crippen molar-refractivity contribution in [3.05, 3.63) is 59.2 Å². The number of anilines is 2. The van der Waals surface area contributed by atoms with Crippen LogP contribution in [0.4, 0.5) is 24.5 Å². The van der Waals surface area contributed by atoms with Crippen LogP contribution in [0.1, 0.15) is 28.4 Å². The second-order valence-electron chi connectivity index (χ2n) is 5.57. The number of benzene rings is 2. The first-order valence-corrected chi connectivity index (χ1v) is 9.27. The number of sulfonamides is 1. The van der Waals surface area contributed by atoms with Gasteiger partial charge in [0.05, 0.1) is 17.0 Å². The Labute approximate surface area is 149 Å². The van der Waals surface area contributed by atoms with Crippen molar-refractivity contribution in [1.82, 2.24) is 0 Å². The topological polar surface area (TPSA) is 75.3 Å². The third-order valence-electron chi connectivity index (χ3n) is 3.58. The Morgan fingerprint density at radius 3 is 2.38 bits per heavy atom. The van der Waals surface area contributed by atoms with Gasteiger partial charge in [0.15, 0.2) is 0 Å². The SMILES string of the molecule is CCS(=O)(=O)Nc1ccc(NC(=O)c2cccc(C(F)(F)F)c2)cc1C. The average molecular weight is 386 g/mol. The van der Waals surface area contributed by atoms with Crippen LogP contribution in [0.25, 0.3) is 0 Å². The first-order valence-electron chi connectivity index (χ1n) is 7.61.